The molecule has 0 aliphatic carbocycles. The monoisotopic (exact) mass is 435 g/mol. The highest BCUT2D eigenvalue weighted by molar-refractivity contribution is 9.10. The van der Waals surface area contributed by atoms with E-state index in [1.807, 2.05) is 54.6 Å². The average Bonchev–Trinajstić information content (AvgIpc) is 3.12. The molecular weight excluding hydrogens is 418 g/mol. The Morgan fingerprint density at radius 2 is 1.77 bits per heavy atom. The van der Waals surface area contributed by atoms with Gasteiger partial charge in [-0.1, -0.05) is 58.4 Å². The van der Waals surface area contributed by atoms with Crippen molar-refractivity contribution >= 4 is 26.0 Å². The SMILES string of the molecule is CN(Cc1ccc(Br)cc1)S(=O)(=O)CCn1nnc(-c2ccccc2)n1. The Hall–Kier alpha value is -2.10. The number of hydrogen-bond acceptors (Lipinski definition) is 5. The minimum absolute atomic E-state index is 0.0926. The second kappa shape index (κ2) is 8.07. The van der Waals surface area contributed by atoms with Crippen LogP contribution in [0.2, 0.25) is 0 Å². The Morgan fingerprint density at radius 1 is 1.08 bits per heavy atom. The summed E-state index contributed by atoms with van der Waals surface area (Å²) in [6.07, 6.45) is 0. The summed E-state index contributed by atoms with van der Waals surface area (Å²) in [6.45, 7) is 0.461. The largest absolute Gasteiger partial charge is 0.216 e. The molecule has 1 aromatic heterocycles. The van der Waals surface area contributed by atoms with E-state index in [0.29, 0.717) is 12.4 Å². The fraction of sp³-hybridized carbons (Fsp3) is 0.235. The molecule has 136 valence electrons. The third kappa shape index (κ3) is 4.75. The van der Waals surface area contributed by atoms with Gasteiger partial charge in [-0.3, -0.25) is 0 Å². The maximum Gasteiger partial charge on any atom is 0.216 e. The highest BCUT2D eigenvalue weighted by atomic mass is 79.9. The number of benzene rings is 2. The Bertz CT molecular complexity index is 958. The number of aromatic nitrogens is 4. The predicted octanol–water partition coefficient (Wildman–Crippen LogP) is 2.56. The van der Waals surface area contributed by atoms with Crippen molar-refractivity contribution in [1.82, 2.24) is 24.5 Å². The first kappa shape index (κ1) is 18.7. The van der Waals surface area contributed by atoms with Gasteiger partial charge in [0.15, 0.2) is 0 Å². The minimum atomic E-state index is -3.43. The van der Waals surface area contributed by atoms with Crippen LogP contribution < -0.4 is 0 Å². The quantitative estimate of drug-likeness (QED) is 0.569. The van der Waals surface area contributed by atoms with Crippen molar-refractivity contribution in [3.05, 3.63) is 64.6 Å². The van der Waals surface area contributed by atoms with Gasteiger partial charge in [0.25, 0.3) is 0 Å². The Labute approximate surface area is 160 Å². The van der Waals surface area contributed by atoms with Crippen molar-refractivity contribution in [2.24, 2.45) is 0 Å². The van der Waals surface area contributed by atoms with Crippen LogP contribution in [-0.4, -0.2) is 45.7 Å². The number of aryl methyl sites for hydroxylation is 1. The van der Waals surface area contributed by atoms with E-state index in [1.165, 1.54) is 9.10 Å². The van der Waals surface area contributed by atoms with E-state index in [1.54, 1.807) is 7.05 Å². The number of nitrogens with zero attached hydrogens (tertiary/aromatic N) is 5. The van der Waals surface area contributed by atoms with E-state index in [-0.39, 0.29) is 12.3 Å². The van der Waals surface area contributed by atoms with E-state index >= 15 is 0 Å². The van der Waals surface area contributed by atoms with Gasteiger partial charge in [0.05, 0.1) is 12.3 Å². The summed E-state index contributed by atoms with van der Waals surface area (Å²) >= 11 is 3.37. The van der Waals surface area contributed by atoms with Crippen LogP contribution in [0, 0.1) is 0 Å². The van der Waals surface area contributed by atoms with Gasteiger partial charge in [-0.2, -0.15) is 4.80 Å². The van der Waals surface area contributed by atoms with Gasteiger partial charge < -0.3 is 0 Å². The lowest BCUT2D eigenvalue weighted by molar-refractivity contribution is 0.456. The fourth-order valence-corrected chi connectivity index (χ4v) is 3.65. The molecule has 2 aromatic carbocycles. The second-order valence-corrected chi connectivity index (χ2v) is 8.88. The van der Waals surface area contributed by atoms with Crippen molar-refractivity contribution in [3.63, 3.8) is 0 Å². The van der Waals surface area contributed by atoms with Crippen LogP contribution >= 0.6 is 15.9 Å². The first-order chi connectivity index (χ1) is 12.4. The van der Waals surface area contributed by atoms with Gasteiger partial charge in [0.1, 0.15) is 0 Å². The Morgan fingerprint density at radius 3 is 2.46 bits per heavy atom. The number of halogens is 1. The topological polar surface area (TPSA) is 81.0 Å². The summed E-state index contributed by atoms with van der Waals surface area (Å²) in [5.41, 5.74) is 1.76. The van der Waals surface area contributed by atoms with Gasteiger partial charge in [0, 0.05) is 23.6 Å². The normalized spacial score (nSPS) is 11.8. The molecule has 1 heterocycles. The van der Waals surface area contributed by atoms with Crippen LogP contribution in [0.4, 0.5) is 0 Å². The molecule has 0 N–H and O–H groups in total. The lowest BCUT2D eigenvalue weighted by Crippen LogP contribution is -2.30. The number of hydrogen-bond donors (Lipinski definition) is 0. The van der Waals surface area contributed by atoms with Crippen molar-refractivity contribution in [1.29, 1.82) is 0 Å². The van der Waals surface area contributed by atoms with Crippen molar-refractivity contribution < 1.29 is 8.42 Å². The fourth-order valence-electron chi connectivity index (χ4n) is 2.34. The van der Waals surface area contributed by atoms with Gasteiger partial charge in [-0.15, -0.1) is 10.2 Å². The summed E-state index contributed by atoms with van der Waals surface area (Å²) in [4.78, 5) is 1.31. The zero-order valence-electron chi connectivity index (χ0n) is 14.2. The van der Waals surface area contributed by atoms with Gasteiger partial charge in [0.2, 0.25) is 15.8 Å². The van der Waals surface area contributed by atoms with Crippen LogP contribution in [0.25, 0.3) is 11.4 Å². The molecule has 7 nitrogen and oxygen atoms in total. The average molecular weight is 436 g/mol. The minimum Gasteiger partial charge on any atom is -0.212 e. The Balaban J connectivity index is 1.61. The molecule has 0 amide bonds. The zero-order valence-corrected chi connectivity index (χ0v) is 16.6. The summed E-state index contributed by atoms with van der Waals surface area (Å²) < 4.78 is 27.3. The third-order valence-corrected chi connectivity index (χ3v) is 6.13. The molecule has 0 bridgehead atoms. The van der Waals surface area contributed by atoms with Gasteiger partial charge in [-0.05, 0) is 22.9 Å². The van der Waals surface area contributed by atoms with Crippen molar-refractivity contribution in [2.45, 2.75) is 13.1 Å². The van der Waals surface area contributed by atoms with Gasteiger partial charge in [-0.25, -0.2) is 12.7 Å². The van der Waals surface area contributed by atoms with E-state index in [4.69, 9.17) is 0 Å². The maximum atomic E-state index is 12.5. The highest BCUT2D eigenvalue weighted by Gasteiger charge is 2.19. The summed E-state index contributed by atoms with van der Waals surface area (Å²) in [5.74, 6) is 0.385. The molecule has 0 atom stereocenters. The molecule has 9 heteroatoms. The van der Waals surface area contributed by atoms with Crippen LogP contribution in [0.15, 0.2) is 59.1 Å². The summed E-state index contributed by atoms with van der Waals surface area (Å²) in [5, 5.41) is 12.2. The number of sulfonamides is 1. The molecule has 3 rings (SSSR count). The first-order valence-corrected chi connectivity index (χ1v) is 10.4. The standard InChI is InChI=1S/C17H18BrN5O2S/c1-22(13-14-7-9-16(18)10-8-14)26(24,25)12-11-23-20-17(19-21-23)15-5-3-2-4-6-15/h2-10H,11-13H2,1H3. The van der Waals surface area contributed by atoms with Crippen LogP contribution in [-0.2, 0) is 23.1 Å². The van der Waals surface area contributed by atoms with Crippen molar-refractivity contribution in [2.75, 3.05) is 12.8 Å². The van der Waals surface area contributed by atoms with Gasteiger partial charge >= 0.3 is 0 Å². The molecule has 0 aliphatic rings. The van der Waals surface area contributed by atoms with E-state index < -0.39 is 10.0 Å². The molecule has 0 saturated heterocycles. The molecule has 0 radical (unpaired) electrons. The molecule has 3 aromatic rings. The van der Waals surface area contributed by atoms with Crippen LogP contribution in [0.5, 0.6) is 0 Å². The van der Waals surface area contributed by atoms with E-state index in [2.05, 4.69) is 31.3 Å². The smallest absolute Gasteiger partial charge is 0.212 e. The molecule has 0 aliphatic heterocycles. The lowest BCUT2D eigenvalue weighted by Gasteiger charge is -2.17. The molecule has 0 fully saturated rings. The predicted molar refractivity (Wildman–Crippen MR) is 103 cm³/mol. The molecular formula is C17H18BrN5O2S. The van der Waals surface area contributed by atoms with E-state index in [0.717, 1.165) is 15.6 Å². The molecule has 0 saturated carbocycles. The molecule has 0 unspecified atom stereocenters. The summed E-state index contributed by atoms with van der Waals surface area (Å²) in [6, 6.07) is 17.0. The number of tetrazole rings is 1. The van der Waals surface area contributed by atoms with Crippen LogP contribution in [0.1, 0.15) is 5.56 Å². The van der Waals surface area contributed by atoms with Crippen LogP contribution in [0.3, 0.4) is 0 Å². The summed E-state index contributed by atoms with van der Waals surface area (Å²) in [7, 11) is -1.86. The molecule has 26 heavy (non-hydrogen) atoms. The lowest BCUT2D eigenvalue weighted by atomic mass is 10.2. The third-order valence-electron chi connectivity index (χ3n) is 3.83. The number of rotatable bonds is 7. The Kier molecular flexibility index (Phi) is 5.80. The zero-order chi connectivity index (χ0) is 18.6. The second-order valence-electron chi connectivity index (χ2n) is 5.77. The van der Waals surface area contributed by atoms with E-state index in [9.17, 15) is 8.42 Å². The first-order valence-electron chi connectivity index (χ1n) is 7.96. The maximum absolute atomic E-state index is 12.5. The molecule has 0 spiro atoms. The van der Waals surface area contributed by atoms with Crippen molar-refractivity contribution in [3.8, 4) is 11.4 Å². The highest BCUT2D eigenvalue weighted by Crippen LogP contribution is 2.14.